The number of hydrogen-bond acceptors (Lipinski definition) is 3. The van der Waals surface area contributed by atoms with Crippen LogP contribution in [0, 0.1) is 0 Å². The molecule has 0 saturated carbocycles. The van der Waals surface area contributed by atoms with Gasteiger partial charge >= 0.3 is 6.09 Å². The van der Waals surface area contributed by atoms with Gasteiger partial charge in [-0.2, -0.15) is 0 Å². The molecule has 1 unspecified atom stereocenters. The van der Waals surface area contributed by atoms with Crippen LogP contribution >= 0.6 is 0 Å². The molecule has 1 aromatic carbocycles. The second-order valence-corrected chi connectivity index (χ2v) is 3.07. The SMILES string of the molecule is CNC(=O)OC(C)c1ccc(OC)cc1. The van der Waals surface area contributed by atoms with Gasteiger partial charge in [-0.15, -0.1) is 0 Å². The Morgan fingerprint density at radius 3 is 2.40 bits per heavy atom. The highest BCUT2D eigenvalue weighted by Crippen LogP contribution is 2.19. The van der Waals surface area contributed by atoms with Gasteiger partial charge in [-0.1, -0.05) is 12.1 Å². The molecule has 1 N–H and O–H groups in total. The van der Waals surface area contributed by atoms with Crippen LogP contribution < -0.4 is 10.1 Å². The Labute approximate surface area is 89.2 Å². The molecule has 0 aliphatic rings. The third kappa shape index (κ3) is 3.16. The number of amides is 1. The minimum Gasteiger partial charge on any atom is -0.497 e. The van der Waals surface area contributed by atoms with Crippen molar-refractivity contribution in [1.82, 2.24) is 5.32 Å². The number of alkyl carbamates (subject to hydrolysis) is 1. The molecular weight excluding hydrogens is 194 g/mol. The zero-order valence-corrected chi connectivity index (χ0v) is 9.11. The topological polar surface area (TPSA) is 47.6 Å². The van der Waals surface area contributed by atoms with Gasteiger partial charge in [-0.05, 0) is 24.6 Å². The van der Waals surface area contributed by atoms with E-state index in [4.69, 9.17) is 9.47 Å². The van der Waals surface area contributed by atoms with Gasteiger partial charge in [-0.3, -0.25) is 0 Å². The van der Waals surface area contributed by atoms with Crippen molar-refractivity contribution in [3.63, 3.8) is 0 Å². The molecule has 0 radical (unpaired) electrons. The van der Waals surface area contributed by atoms with Gasteiger partial charge in [0, 0.05) is 7.05 Å². The Morgan fingerprint density at radius 1 is 1.33 bits per heavy atom. The lowest BCUT2D eigenvalue weighted by atomic mass is 10.1. The summed E-state index contributed by atoms with van der Waals surface area (Å²) < 4.78 is 10.1. The fraction of sp³-hybridized carbons (Fsp3) is 0.364. The first-order valence-corrected chi connectivity index (χ1v) is 4.69. The van der Waals surface area contributed by atoms with Gasteiger partial charge in [0.15, 0.2) is 0 Å². The Balaban J connectivity index is 2.65. The van der Waals surface area contributed by atoms with E-state index in [1.807, 2.05) is 31.2 Å². The number of methoxy groups -OCH3 is 1. The first-order valence-electron chi connectivity index (χ1n) is 4.69. The molecule has 0 bridgehead atoms. The molecule has 1 aromatic rings. The molecule has 15 heavy (non-hydrogen) atoms. The highest BCUT2D eigenvalue weighted by Gasteiger charge is 2.09. The normalized spacial score (nSPS) is 11.7. The molecule has 0 heterocycles. The summed E-state index contributed by atoms with van der Waals surface area (Å²) in [5, 5.41) is 2.40. The van der Waals surface area contributed by atoms with E-state index in [-0.39, 0.29) is 6.10 Å². The fourth-order valence-corrected chi connectivity index (χ4v) is 1.16. The quantitative estimate of drug-likeness (QED) is 0.829. The second kappa shape index (κ2) is 5.24. The average molecular weight is 209 g/mol. The second-order valence-electron chi connectivity index (χ2n) is 3.07. The summed E-state index contributed by atoms with van der Waals surface area (Å²) in [4.78, 5) is 11.0. The zero-order valence-electron chi connectivity index (χ0n) is 9.11. The van der Waals surface area contributed by atoms with Gasteiger partial charge in [0.25, 0.3) is 0 Å². The largest absolute Gasteiger partial charge is 0.497 e. The molecule has 0 aromatic heterocycles. The zero-order chi connectivity index (χ0) is 11.3. The maximum absolute atomic E-state index is 11.0. The predicted octanol–water partition coefficient (Wildman–Crippen LogP) is 2.11. The molecule has 1 amide bonds. The van der Waals surface area contributed by atoms with Crippen molar-refractivity contribution in [2.45, 2.75) is 13.0 Å². The Morgan fingerprint density at radius 2 is 1.93 bits per heavy atom. The molecule has 0 aliphatic heterocycles. The summed E-state index contributed by atoms with van der Waals surface area (Å²) in [5.41, 5.74) is 0.930. The summed E-state index contributed by atoms with van der Waals surface area (Å²) in [6.07, 6.45) is -0.700. The van der Waals surface area contributed by atoms with Crippen LogP contribution in [0.4, 0.5) is 4.79 Å². The smallest absolute Gasteiger partial charge is 0.407 e. The summed E-state index contributed by atoms with van der Waals surface area (Å²) in [6, 6.07) is 7.40. The minimum atomic E-state index is -0.432. The van der Waals surface area contributed by atoms with Crippen molar-refractivity contribution in [3.05, 3.63) is 29.8 Å². The number of rotatable bonds is 3. The van der Waals surface area contributed by atoms with Gasteiger partial charge in [0.2, 0.25) is 0 Å². The molecule has 1 rings (SSSR count). The predicted molar refractivity (Wildman–Crippen MR) is 56.9 cm³/mol. The number of carbonyl (C=O) groups is 1. The maximum Gasteiger partial charge on any atom is 0.407 e. The van der Waals surface area contributed by atoms with Crippen LogP contribution in [-0.4, -0.2) is 20.3 Å². The van der Waals surface area contributed by atoms with E-state index in [1.165, 1.54) is 7.05 Å². The Bertz CT molecular complexity index is 321. The van der Waals surface area contributed by atoms with Gasteiger partial charge in [0.05, 0.1) is 7.11 Å². The van der Waals surface area contributed by atoms with Crippen LogP contribution in [-0.2, 0) is 4.74 Å². The first kappa shape index (κ1) is 11.4. The molecule has 0 fully saturated rings. The van der Waals surface area contributed by atoms with Crippen molar-refractivity contribution in [2.75, 3.05) is 14.2 Å². The van der Waals surface area contributed by atoms with Gasteiger partial charge in [-0.25, -0.2) is 4.79 Å². The van der Waals surface area contributed by atoms with Crippen LogP contribution in [0.3, 0.4) is 0 Å². The Hall–Kier alpha value is -1.71. The van der Waals surface area contributed by atoms with Crippen molar-refractivity contribution in [2.24, 2.45) is 0 Å². The third-order valence-electron chi connectivity index (χ3n) is 2.07. The van der Waals surface area contributed by atoms with E-state index in [9.17, 15) is 4.79 Å². The van der Waals surface area contributed by atoms with E-state index in [0.717, 1.165) is 11.3 Å². The lowest BCUT2D eigenvalue weighted by Gasteiger charge is -2.13. The molecule has 4 nitrogen and oxygen atoms in total. The molecule has 82 valence electrons. The van der Waals surface area contributed by atoms with Crippen LogP contribution in [0.15, 0.2) is 24.3 Å². The highest BCUT2D eigenvalue weighted by atomic mass is 16.6. The number of ether oxygens (including phenoxy) is 2. The van der Waals surface area contributed by atoms with Crippen LogP contribution in [0.25, 0.3) is 0 Å². The van der Waals surface area contributed by atoms with E-state index >= 15 is 0 Å². The van der Waals surface area contributed by atoms with Crippen molar-refractivity contribution >= 4 is 6.09 Å². The van der Waals surface area contributed by atoms with Crippen molar-refractivity contribution in [1.29, 1.82) is 0 Å². The summed E-state index contributed by atoms with van der Waals surface area (Å²) in [7, 11) is 3.14. The molecule has 1 atom stereocenters. The summed E-state index contributed by atoms with van der Waals surface area (Å²) in [5.74, 6) is 0.783. The molecule has 0 aliphatic carbocycles. The number of benzene rings is 1. The van der Waals surface area contributed by atoms with Crippen LogP contribution in [0.2, 0.25) is 0 Å². The Kier molecular flexibility index (Phi) is 3.97. The number of hydrogen-bond donors (Lipinski definition) is 1. The molecular formula is C11H15NO3. The lowest BCUT2D eigenvalue weighted by Crippen LogP contribution is -2.20. The van der Waals surface area contributed by atoms with Crippen LogP contribution in [0.1, 0.15) is 18.6 Å². The van der Waals surface area contributed by atoms with E-state index in [0.29, 0.717) is 0 Å². The monoisotopic (exact) mass is 209 g/mol. The third-order valence-corrected chi connectivity index (χ3v) is 2.07. The van der Waals surface area contributed by atoms with Gasteiger partial charge in [0.1, 0.15) is 11.9 Å². The number of nitrogens with one attached hydrogen (secondary N) is 1. The first-order chi connectivity index (χ1) is 7.17. The fourth-order valence-electron chi connectivity index (χ4n) is 1.16. The van der Waals surface area contributed by atoms with E-state index in [2.05, 4.69) is 5.32 Å². The summed E-state index contributed by atoms with van der Waals surface area (Å²) in [6.45, 7) is 1.82. The van der Waals surface area contributed by atoms with Crippen molar-refractivity contribution in [3.8, 4) is 5.75 Å². The van der Waals surface area contributed by atoms with Crippen LogP contribution in [0.5, 0.6) is 5.75 Å². The van der Waals surface area contributed by atoms with Gasteiger partial charge < -0.3 is 14.8 Å². The molecule has 4 heteroatoms. The lowest BCUT2D eigenvalue weighted by molar-refractivity contribution is 0.109. The summed E-state index contributed by atoms with van der Waals surface area (Å²) >= 11 is 0. The highest BCUT2D eigenvalue weighted by molar-refractivity contribution is 5.67. The minimum absolute atomic E-state index is 0.268. The van der Waals surface area contributed by atoms with E-state index in [1.54, 1.807) is 7.11 Å². The maximum atomic E-state index is 11.0. The number of carbonyl (C=O) groups excluding carboxylic acids is 1. The molecule has 0 spiro atoms. The standard InChI is InChI=1S/C11H15NO3/c1-8(15-11(13)12-2)9-4-6-10(14-3)7-5-9/h4-8H,1-3H3,(H,12,13). The van der Waals surface area contributed by atoms with Crippen molar-refractivity contribution < 1.29 is 14.3 Å². The molecule has 0 saturated heterocycles. The average Bonchev–Trinajstić information content (AvgIpc) is 2.29. The van der Waals surface area contributed by atoms with E-state index < -0.39 is 6.09 Å².